The zero-order valence-electron chi connectivity index (χ0n) is 15.3. The highest BCUT2D eigenvalue weighted by atomic mass is 16.2. The molecule has 0 saturated heterocycles. The molecule has 0 aliphatic heterocycles. The highest BCUT2D eigenvalue weighted by molar-refractivity contribution is 5.94. The second kappa shape index (κ2) is 8.51. The number of nitrogens with one attached hydrogen (secondary N) is 3. The van der Waals surface area contributed by atoms with E-state index in [-0.39, 0.29) is 36.4 Å². The van der Waals surface area contributed by atoms with Crippen molar-refractivity contribution in [1.82, 2.24) is 15.6 Å². The number of fused-ring (bicyclic) bond motifs is 1. The zero-order valence-corrected chi connectivity index (χ0v) is 15.3. The molecule has 146 valence electrons. The topological polar surface area (TPSA) is 134 Å². The highest BCUT2D eigenvalue weighted by Crippen LogP contribution is 2.28. The molecule has 1 atom stereocenters. The number of carbonyl (C=O) groups excluding carboxylic acids is 3. The minimum Gasteiger partial charge on any atom is -0.365 e. The lowest BCUT2D eigenvalue weighted by molar-refractivity contribution is -0.121. The number of hydrogen-bond donors (Lipinski definition) is 4. The van der Waals surface area contributed by atoms with Crippen LogP contribution in [0.5, 0.6) is 0 Å². The number of benzene rings is 1. The summed E-state index contributed by atoms with van der Waals surface area (Å²) in [5.41, 5.74) is 6.58. The van der Waals surface area contributed by atoms with E-state index in [1.54, 1.807) is 24.3 Å². The van der Waals surface area contributed by atoms with Crippen LogP contribution in [0.25, 0.3) is 0 Å². The number of rotatable bonds is 6. The molecular weight excluding hydrogens is 360 g/mol. The molecular formula is C20H22N4O4. The Morgan fingerprint density at radius 3 is 2.64 bits per heavy atom. The largest absolute Gasteiger partial charge is 0.365 e. The number of primary amides is 1. The SMILES string of the molecule is NC(=O)c1cc2c([nH]c1=O)CCCC2NC(=O)CCNC(=O)c1ccccc1. The third kappa shape index (κ3) is 4.46. The molecule has 0 bridgehead atoms. The summed E-state index contributed by atoms with van der Waals surface area (Å²) in [6.45, 7) is 0.206. The molecule has 2 aromatic rings. The number of aromatic amines is 1. The van der Waals surface area contributed by atoms with Gasteiger partial charge in [0, 0.05) is 24.2 Å². The molecule has 28 heavy (non-hydrogen) atoms. The maximum absolute atomic E-state index is 12.3. The molecule has 8 heteroatoms. The third-order valence-corrected chi connectivity index (χ3v) is 4.73. The van der Waals surface area contributed by atoms with Gasteiger partial charge in [-0.1, -0.05) is 18.2 Å². The molecule has 1 aromatic carbocycles. The van der Waals surface area contributed by atoms with Gasteiger partial charge in [0.1, 0.15) is 5.56 Å². The summed E-state index contributed by atoms with van der Waals surface area (Å²) < 4.78 is 0. The van der Waals surface area contributed by atoms with E-state index < -0.39 is 11.5 Å². The van der Waals surface area contributed by atoms with E-state index in [1.807, 2.05) is 6.07 Å². The molecule has 3 amide bonds. The van der Waals surface area contributed by atoms with Gasteiger partial charge in [-0.3, -0.25) is 19.2 Å². The fraction of sp³-hybridized carbons (Fsp3) is 0.300. The van der Waals surface area contributed by atoms with Crippen molar-refractivity contribution in [3.63, 3.8) is 0 Å². The molecule has 0 radical (unpaired) electrons. The fourth-order valence-electron chi connectivity index (χ4n) is 3.32. The van der Waals surface area contributed by atoms with Crippen molar-refractivity contribution in [3.8, 4) is 0 Å². The first-order valence-corrected chi connectivity index (χ1v) is 9.14. The lowest BCUT2D eigenvalue weighted by Crippen LogP contribution is -2.36. The predicted octanol–water partition coefficient (Wildman–Crippen LogP) is 0.787. The van der Waals surface area contributed by atoms with Crippen molar-refractivity contribution in [3.05, 3.63) is 69.1 Å². The van der Waals surface area contributed by atoms with Gasteiger partial charge in [-0.25, -0.2) is 0 Å². The van der Waals surface area contributed by atoms with E-state index in [0.29, 0.717) is 29.7 Å². The Morgan fingerprint density at radius 1 is 1.18 bits per heavy atom. The number of carbonyl (C=O) groups is 3. The van der Waals surface area contributed by atoms with Gasteiger partial charge in [0.05, 0.1) is 6.04 Å². The van der Waals surface area contributed by atoms with Crippen LogP contribution in [0.3, 0.4) is 0 Å². The van der Waals surface area contributed by atoms with Crippen LogP contribution in [-0.2, 0) is 11.2 Å². The molecule has 0 spiro atoms. The molecule has 8 nitrogen and oxygen atoms in total. The van der Waals surface area contributed by atoms with Gasteiger partial charge in [0.15, 0.2) is 0 Å². The lowest BCUT2D eigenvalue weighted by atomic mass is 9.90. The molecule has 1 aromatic heterocycles. The van der Waals surface area contributed by atoms with Crippen LogP contribution in [0.15, 0.2) is 41.2 Å². The monoisotopic (exact) mass is 382 g/mol. The second-order valence-electron chi connectivity index (χ2n) is 6.69. The average molecular weight is 382 g/mol. The summed E-state index contributed by atoms with van der Waals surface area (Å²) in [5.74, 6) is -1.26. The minimum absolute atomic E-state index is 0.116. The van der Waals surface area contributed by atoms with E-state index in [4.69, 9.17) is 5.73 Å². The number of pyridine rings is 1. The summed E-state index contributed by atoms with van der Waals surface area (Å²) in [6.07, 6.45) is 2.29. The first kappa shape index (κ1) is 19.3. The molecule has 3 rings (SSSR count). The summed E-state index contributed by atoms with van der Waals surface area (Å²) in [4.78, 5) is 50.3. The minimum atomic E-state index is -0.802. The summed E-state index contributed by atoms with van der Waals surface area (Å²) in [5, 5.41) is 5.62. The number of amides is 3. The lowest BCUT2D eigenvalue weighted by Gasteiger charge is -2.26. The Kier molecular flexibility index (Phi) is 5.88. The van der Waals surface area contributed by atoms with Crippen LogP contribution in [0.1, 0.15) is 57.3 Å². The molecule has 0 fully saturated rings. The third-order valence-electron chi connectivity index (χ3n) is 4.73. The van der Waals surface area contributed by atoms with E-state index >= 15 is 0 Å². The van der Waals surface area contributed by atoms with Crippen LogP contribution >= 0.6 is 0 Å². The van der Waals surface area contributed by atoms with Crippen molar-refractivity contribution >= 4 is 17.7 Å². The molecule has 1 aliphatic carbocycles. The Bertz CT molecular complexity index is 952. The second-order valence-corrected chi connectivity index (χ2v) is 6.69. The van der Waals surface area contributed by atoms with Crippen molar-refractivity contribution in [1.29, 1.82) is 0 Å². The molecule has 5 N–H and O–H groups in total. The first-order chi connectivity index (χ1) is 13.5. The van der Waals surface area contributed by atoms with E-state index in [1.165, 1.54) is 6.07 Å². The quantitative estimate of drug-likeness (QED) is 0.587. The number of aromatic nitrogens is 1. The van der Waals surface area contributed by atoms with Crippen LogP contribution in [0, 0.1) is 0 Å². The maximum atomic E-state index is 12.3. The Labute approximate surface area is 161 Å². The Hall–Kier alpha value is -3.42. The van der Waals surface area contributed by atoms with Gasteiger partial charge in [0.2, 0.25) is 5.91 Å². The van der Waals surface area contributed by atoms with Crippen molar-refractivity contribution in [2.24, 2.45) is 5.73 Å². The number of H-pyrrole nitrogens is 1. The van der Waals surface area contributed by atoms with Gasteiger partial charge < -0.3 is 21.4 Å². The number of aryl methyl sites for hydroxylation is 1. The fourth-order valence-corrected chi connectivity index (χ4v) is 3.32. The van der Waals surface area contributed by atoms with E-state index in [2.05, 4.69) is 15.6 Å². The smallest absolute Gasteiger partial charge is 0.261 e. The maximum Gasteiger partial charge on any atom is 0.261 e. The molecule has 1 unspecified atom stereocenters. The zero-order chi connectivity index (χ0) is 20.1. The summed E-state index contributed by atoms with van der Waals surface area (Å²) >= 11 is 0. The predicted molar refractivity (Wildman–Crippen MR) is 103 cm³/mol. The average Bonchev–Trinajstić information content (AvgIpc) is 2.68. The summed E-state index contributed by atoms with van der Waals surface area (Å²) in [6, 6.07) is 9.92. The van der Waals surface area contributed by atoms with Gasteiger partial charge >= 0.3 is 0 Å². The van der Waals surface area contributed by atoms with Gasteiger partial charge in [0.25, 0.3) is 17.4 Å². The standard InChI is InChI=1S/C20H22N4O4/c21-18(26)14-11-13-15(7-4-8-16(13)24-20(14)28)23-17(25)9-10-22-19(27)12-5-2-1-3-6-12/h1-3,5-6,11,15H,4,7-10H2,(H2,21,26)(H,22,27)(H,23,25)(H,24,28). The highest BCUT2D eigenvalue weighted by Gasteiger charge is 2.24. The van der Waals surface area contributed by atoms with Gasteiger partial charge in [-0.2, -0.15) is 0 Å². The molecule has 1 heterocycles. The van der Waals surface area contributed by atoms with Crippen molar-refractivity contribution in [2.75, 3.05) is 6.54 Å². The first-order valence-electron chi connectivity index (χ1n) is 9.14. The van der Waals surface area contributed by atoms with Crippen LogP contribution < -0.4 is 21.9 Å². The van der Waals surface area contributed by atoms with Crippen LogP contribution in [0.2, 0.25) is 0 Å². The Balaban J connectivity index is 1.59. The van der Waals surface area contributed by atoms with Crippen molar-refractivity contribution in [2.45, 2.75) is 31.7 Å². The van der Waals surface area contributed by atoms with E-state index in [9.17, 15) is 19.2 Å². The number of hydrogen-bond acceptors (Lipinski definition) is 4. The van der Waals surface area contributed by atoms with Gasteiger partial charge in [-0.05, 0) is 43.0 Å². The molecule has 0 saturated carbocycles. The van der Waals surface area contributed by atoms with Gasteiger partial charge in [-0.15, -0.1) is 0 Å². The van der Waals surface area contributed by atoms with Crippen molar-refractivity contribution < 1.29 is 14.4 Å². The summed E-state index contributed by atoms with van der Waals surface area (Å²) in [7, 11) is 0. The normalized spacial score (nSPS) is 15.4. The van der Waals surface area contributed by atoms with E-state index in [0.717, 1.165) is 6.42 Å². The number of nitrogens with two attached hydrogens (primary N) is 1. The van der Waals surface area contributed by atoms with Crippen LogP contribution in [0.4, 0.5) is 0 Å². The van der Waals surface area contributed by atoms with Crippen LogP contribution in [-0.4, -0.2) is 29.3 Å². The molecule has 1 aliphatic rings. The Morgan fingerprint density at radius 2 is 1.93 bits per heavy atom.